The fourth-order valence-corrected chi connectivity index (χ4v) is 5.09. The van der Waals surface area contributed by atoms with Crippen LogP contribution in [0.1, 0.15) is 47.1 Å². The van der Waals surface area contributed by atoms with Gasteiger partial charge in [0.15, 0.2) is 0 Å². The number of ether oxygens (including phenoxy) is 1. The van der Waals surface area contributed by atoms with E-state index in [1.807, 2.05) is 10.6 Å². The average Bonchev–Trinajstić information content (AvgIpc) is 2.98. The Labute approximate surface area is 265 Å². The number of carbonyl (C=O) groups excluding carboxylic acids is 2. The molecule has 1 aliphatic heterocycles. The quantitative estimate of drug-likeness (QED) is 0.0716. The summed E-state index contributed by atoms with van der Waals surface area (Å²) in [6.07, 6.45) is -3.70. The highest BCUT2D eigenvalue weighted by molar-refractivity contribution is 5.91. The monoisotopic (exact) mass is 672 g/mol. The molecule has 0 spiro atoms. The van der Waals surface area contributed by atoms with Gasteiger partial charge in [0.25, 0.3) is 23.5 Å². The molecule has 260 valence electrons. The summed E-state index contributed by atoms with van der Waals surface area (Å²) >= 11 is 0. The molecular weight excluding hydrogens is 635 g/mol. The van der Waals surface area contributed by atoms with E-state index in [1.54, 1.807) is 19.2 Å². The van der Waals surface area contributed by atoms with E-state index in [2.05, 4.69) is 0 Å². The number of morpholine rings is 1. The number of amides is 1. The molecule has 1 aliphatic rings. The molecule has 1 heterocycles. The normalized spacial score (nSPS) is 19.5. The van der Waals surface area contributed by atoms with Crippen LogP contribution in [-0.2, 0) is 26.1 Å². The number of carboxylic acids is 1. The van der Waals surface area contributed by atoms with Crippen molar-refractivity contribution in [3.05, 3.63) is 64.5 Å². The van der Waals surface area contributed by atoms with Crippen LogP contribution in [0.25, 0.3) is 0 Å². The number of anilines is 1. The molecule has 0 aliphatic carbocycles. The van der Waals surface area contributed by atoms with E-state index in [4.69, 9.17) is 4.74 Å². The molecule has 0 aromatic heterocycles. The topological polar surface area (TPSA) is 302 Å². The molecule has 0 saturated carbocycles. The average molecular weight is 673 g/mol. The molecule has 2 aromatic carbocycles. The van der Waals surface area contributed by atoms with E-state index >= 15 is 4.39 Å². The number of halogens is 1. The maximum absolute atomic E-state index is 15.1. The minimum absolute atomic E-state index is 0.0312. The summed E-state index contributed by atoms with van der Waals surface area (Å²) in [6, 6.07) is 2.66. The van der Waals surface area contributed by atoms with Crippen LogP contribution in [0.15, 0.2) is 36.4 Å². The van der Waals surface area contributed by atoms with Gasteiger partial charge in [-0.1, -0.05) is 6.07 Å². The van der Waals surface area contributed by atoms with Gasteiger partial charge in [0, 0.05) is 37.0 Å². The van der Waals surface area contributed by atoms with Crippen LogP contribution in [0.3, 0.4) is 0 Å². The van der Waals surface area contributed by atoms with Crippen LogP contribution in [-0.4, -0.2) is 124 Å². The number of likely N-dealkylation sites (N-methyl/N-ethyl adjacent to an activating group) is 1. The third kappa shape index (κ3) is 7.56. The Morgan fingerprint density at radius 3 is 2.15 bits per heavy atom. The van der Waals surface area contributed by atoms with E-state index in [0.29, 0.717) is 12.1 Å². The van der Waals surface area contributed by atoms with Crippen molar-refractivity contribution < 1.29 is 74.6 Å². The second-order valence-corrected chi connectivity index (χ2v) is 11.0. The minimum atomic E-state index is -4.06. The van der Waals surface area contributed by atoms with Crippen molar-refractivity contribution in [2.45, 2.75) is 61.7 Å². The third-order valence-electron chi connectivity index (χ3n) is 7.47. The summed E-state index contributed by atoms with van der Waals surface area (Å²) in [6.45, 7) is 3.43. The number of hydrogen-bond acceptors (Lipinski definition) is 16. The summed E-state index contributed by atoms with van der Waals surface area (Å²) in [5.41, 5.74) is -3.71. The van der Waals surface area contributed by atoms with Crippen molar-refractivity contribution in [2.75, 3.05) is 25.5 Å². The van der Waals surface area contributed by atoms with Crippen LogP contribution in [0.5, 0.6) is 0 Å². The first kappa shape index (κ1) is 37.8. The molecule has 18 nitrogen and oxygen atoms in total. The molecule has 4 atom stereocenters. The van der Waals surface area contributed by atoms with E-state index in [9.17, 15) is 65.4 Å². The molecular formula is C28H37FN4O14. The second kappa shape index (κ2) is 13.8. The zero-order valence-electron chi connectivity index (χ0n) is 25.2. The van der Waals surface area contributed by atoms with Crippen LogP contribution in [0, 0.1) is 5.82 Å². The number of benzene rings is 2. The van der Waals surface area contributed by atoms with E-state index in [0.717, 1.165) is 31.3 Å². The number of rotatable bonds is 13. The van der Waals surface area contributed by atoms with Crippen molar-refractivity contribution in [3.8, 4) is 0 Å². The summed E-state index contributed by atoms with van der Waals surface area (Å²) in [4.78, 5) is 36.8. The number of nitrogens with zero attached hydrogens (tertiary/aromatic N) is 1. The summed E-state index contributed by atoms with van der Waals surface area (Å²) < 4.78 is 20.6. The number of nitrogens with one attached hydrogen (secondary N) is 3. The third-order valence-corrected chi connectivity index (χ3v) is 7.47. The van der Waals surface area contributed by atoms with Crippen molar-refractivity contribution in [1.29, 1.82) is 0 Å². The molecule has 13 N–H and O–H groups in total. The Bertz CT molecular complexity index is 1480. The lowest BCUT2D eigenvalue weighted by atomic mass is 9.95. The van der Waals surface area contributed by atoms with Gasteiger partial charge in [-0.3, -0.25) is 10.1 Å². The standard InChI is InChI=1S/C28H37FN4O14/c1-13-10-33(11-14(2)47-13)28(45,46)15-7-8-18(29)17(9-15)27(43,44)32-19-6-4-5-16(23(36)37)21(19)22(35)31-20(12-34)25(39,40)26(41,42)24(38)30-3/h4-9,12-14,20,22,31-32,35,39-46H,10-11H2,1-3H3,(H,30,38)(H,36,37). The van der Waals surface area contributed by atoms with Gasteiger partial charge in [-0.05, 0) is 44.2 Å². The first-order valence-electron chi connectivity index (χ1n) is 13.9. The van der Waals surface area contributed by atoms with Crippen LogP contribution in [0.2, 0.25) is 0 Å². The van der Waals surface area contributed by atoms with Gasteiger partial charge in [-0.15, -0.1) is 0 Å². The van der Waals surface area contributed by atoms with Gasteiger partial charge >= 0.3 is 11.8 Å². The molecule has 0 bridgehead atoms. The predicted octanol–water partition coefficient (Wildman–Crippen LogP) is -3.81. The fraction of sp³-hybridized carbons (Fsp3) is 0.464. The minimum Gasteiger partial charge on any atom is -0.478 e. The molecule has 0 radical (unpaired) electrons. The van der Waals surface area contributed by atoms with E-state index in [1.165, 1.54) is 4.90 Å². The fourth-order valence-electron chi connectivity index (χ4n) is 5.09. The largest absolute Gasteiger partial charge is 0.478 e. The van der Waals surface area contributed by atoms with Gasteiger partial charge in [0.1, 0.15) is 24.4 Å². The van der Waals surface area contributed by atoms with E-state index < -0.39 is 93.5 Å². The van der Waals surface area contributed by atoms with Crippen LogP contribution in [0.4, 0.5) is 10.1 Å². The zero-order chi connectivity index (χ0) is 35.7. The number of aliphatic hydroxyl groups excluding tert-OH is 1. The zero-order valence-corrected chi connectivity index (χ0v) is 25.2. The van der Waals surface area contributed by atoms with Gasteiger partial charge in [-0.2, -0.15) is 0 Å². The Hall–Kier alpha value is -3.70. The maximum Gasteiger partial charge on any atom is 0.336 e. The number of carboxylic acid groups (broad SMARTS) is 1. The molecule has 19 heteroatoms. The van der Waals surface area contributed by atoms with Crippen molar-refractivity contribution in [3.63, 3.8) is 0 Å². The Kier molecular flexibility index (Phi) is 11.1. The van der Waals surface area contributed by atoms with Crippen molar-refractivity contribution in [1.82, 2.24) is 15.5 Å². The lowest BCUT2D eigenvalue weighted by molar-refractivity contribution is -0.344. The molecule has 3 rings (SSSR count). The molecule has 47 heavy (non-hydrogen) atoms. The second-order valence-electron chi connectivity index (χ2n) is 11.0. The first-order chi connectivity index (χ1) is 21.6. The van der Waals surface area contributed by atoms with Gasteiger partial charge < -0.3 is 71.2 Å². The van der Waals surface area contributed by atoms with Gasteiger partial charge in [-0.25, -0.2) is 14.1 Å². The Morgan fingerprint density at radius 1 is 1.02 bits per heavy atom. The van der Waals surface area contributed by atoms with Crippen LogP contribution >= 0.6 is 0 Å². The SMILES string of the molecule is CNC(=O)C(O)(O)C(O)(O)C(C=O)NC(O)c1c(NC(O)(O)c2cc(C(O)(O)N3CC(C)OC(C)C3)ccc2F)cccc1C(=O)O. The molecule has 2 aromatic rings. The number of aliphatic hydroxyl groups is 9. The molecule has 1 amide bonds. The highest BCUT2D eigenvalue weighted by atomic mass is 19.1. The Morgan fingerprint density at radius 2 is 1.62 bits per heavy atom. The first-order valence-corrected chi connectivity index (χ1v) is 13.9. The lowest BCUT2D eigenvalue weighted by Gasteiger charge is -2.42. The number of aldehydes is 1. The number of carbonyl (C=O) groups is 3. The van der Waals surface area contributed by atoms with Gasteiger partial charge in [0.05, 0.1) is 23.3 Å². The summed E-state index contributed by atoms with van der Waals surface area (Å²) in [7, 11) is 0.887. The van der Waals surface area contributed by atoms with Crippen LogP contribution < -0.4 is 16.0 Å². The smallest absolute Gasteiger partial charge is 0.336 e. The lowest BCUT2D eigenvalue weighted by Crippen LogP contribution is -2.71. The number of aromatic carboxylic acids is 1. The van der Waals surface area contributed by atoms with E-state index in [-0.39, 0.29) is 19.4 Å². The highest BCUT2D eigenvalue weighted by Crippen LogP contribution is 2.35. The summed E-state index contributed by atoms with van der Waals surface area (Å²) in [5.74, 6) is -19.2. The molecule has 1 saturated heterocycles. The number of hydrogen-bond donors (Lipinski definition) is 13. The Balaban J connectivity index is 2.04. The van der Waals surface area contributed by atoms with Crippen molar-refractivity contribution >= 4 is 23.9 Å². The highest BCUT2D eigenvalue weighted by Gasteiger charge is 2.58. The molecule has 4 unspecified atom stereocenters. The van der Waals surface area contributed by atoms with Gasteiger partial charge in [0.2, 0.25) is 0 Å². The summed E-state index contributed by atoms with van der Waals surface area (Å²) in [5, 5.41) is 111. The van der Waals surface area contributed by atoms with Crippen molar-refractivity contribution in [2.24, 2.45) is 0 Å². The maximum atomic E-state index is 15.1. The molecule has 1 fully saturated rings. The predicted molar refractivity (Wildman–Crippen MR) is 154 cm³/mol.